The van der Waals surface area contributed by atoms with Gasteiger partial charge in [-0.05, 0) is 42.9 Å². The second-order valence-electron chi connectivity index (χ2n) is 5.51. The maximum atomic E-state index is 9.29. The Morgan fingerprint density at radius 3 is 2.53 bits per heavy atom. The van der Waals surface area contributed by atoms with Crippen molar-refractivity contribution in [3.63, 3.8) is 0 Å². The van der Waals surface area contributed by atoms with Gasteiger partial charge in [-0.15, -0.1) is 0 Å². The smallest absolute Gasteiger partial charge is 0.119 e. The summed E-state index contributed by atoms with van der Waals surface area (Å²) in [4.78, 5) is 0. The number of hydrogen-bond donors (Lipinski definition) is 2. The fourth-order valence-corrected chi connectivity index (χ4v) is 2.06. The van der Waals surface area contributed by atoms with Gasteiger partial charge in [-0.25, -0.2) is 0 Å². The van der Waals surface area contributed by atoms with Gasteiger partial charge in [-0.1, -0.05) is 26.0 Å². The number of aliphatic hydroxyl groups excluding tert-OH is 1. The van der Waals surface area contributed by atoms with Gasteiger partial charge < -0.3 is 15.2 Å². The first-order valence-electron chi connectivity index (χ1n) is 7.32. The van der Waals surface area contributed by atoms with Crippen LogP contribution in [0.25, 0.3) is 0 Å². The molecule has 0 aliphatic heterocycles. The molecule has 2 N–H and O–H groups in total. The van der Waals surface area contributed by atoms with Crippen molar-refractivity contribution >= 4 is 0 Å². The van der Waals surface area contributed by atoms with Crippen molar-refractivity contribution in [1.82, 2.24) is 5.32 Å². The van der Waals surface area contributed by atoms with Crippen LogP contribution in [0.1, 0.15) is 44.6 Å². The average molecular weight is 263 g/mol. The molecule has 2 atom stereocenters. The lowest BCUT2D eigenvalue weighted by Crippen LogP contribution is -2.39. The molecule has 1 aliphatic rings. The third-order valence-corrected chi connectivity index (χ3v) is 3.78. The number of ether oxygens (including phenoxy) is 1. The average Bonchev–Trinajstić information content (AvgIpc) is 3.27. The minimum absolute atomic E-state index is 0.0433. The molecule has 0 amide bonds. The maximum Gasteiger partial charge on any atom is 0.119 e. The van der Waals surface area contributed by atoms with Gasteiger partial charge in [-0.3, -0.25) is 0 Å². The van der Waals surface area contributed by atoms with Crippen molar-refractivity contribution in [3.05, 3.63) is 29.8 Å². The van der Waals surface area contributed by atoms with Crippen molar-refractivity contribution in [1.29, 1.82) is 0 Å². The Hall–Kier alpha value is -1.06. The lowest BCUT2D eigenvalue weighted by molar-refractivity contribution is 0.182. The van der Waals surface area contributed by atoms with Crippen molar-refractivity contribution in [2.75, 3.05) is 13.2 Å². The van der Waals surface area contributed by atoms with Crippen molar-refractivity contribution in [3.8, 4) is 5.75 Å². The summed E-state index contributed by atoms with van der Waals surface area (Å²) >= 11 is 0. The SMILES string of the molecule is CCC(C)c1ccc(OCC(CO)NC2CC2)cc1. The minimum atomic E-state index is 0.0433. The Labute approximate surface area is 116 Å². The Bertz CT molecular complexity index is 373. The minimum Gasteiger partial charge on any atom is -0.492 e. The molecule has 3 nitrogen and oxygen atoms in total. The highest BCUT2D eigenvalue weighted by molar-refractivity contribution is 5.29. The first-order valence-corrected chi connectivity index (χ1v) is 7.32. The third-order valence-electron chi connectivity index (χ3n) is 3.78. The topological polar surface area (TPSA) is 41.5 Å². The fraction of sp³-hybridized carbons (Fsp3) is 0.625. The Morgan fingerprint density at radius 1 is 1.32 bits per heavy atom. The number of hydrogen-bond acceptors (Lipinski definition) is 3. The number of aliphatic hydroxyl groups is 1. The van der Waals surface area contributed by atoms with E-state index in [1.54, 1.807) is 0 Å². The molecule has 2 rings (SSSR count). The summed E-state index contributed by atoms with van der Waals surface area (Å²) in [5, 5.41) is 12.7. The van der Waals surface area contributed by atoms with Crippen molar-refractivity contribution < 1.29 is 9.84 Å². The Kier molecular flexibility index (Phi) is 5.23. The van der Waals surface area contributed by atoms with E-state index in [2.05, 4.69) is 31.3 Å². The van der Waals surface area contributed by atoms with Gasteiger partial charge in [-0.2, -0.15) is 0 Å². The van der Waals surface area contributed by atoms with Gasteiger partial charge in [0.05, 0.1) is 12.6 Å². The number of rotatable bonds is 8. The van der Waals surface area contributed by atoms with E-state index in [0.717, 1.165) is 12.2 Å². The summed E-state index contributed by atoms with van der Waals surface area (Å²) < 4.78 is 5.73. The molecule has 19 heavy (non-hydrogen) atoms. The van der Waals surface area contributed by atoms with Gasteiger partial charge in [0.1, 0.15) is 12.4 Å². The Morgan fingerprint density at radius 2 is 2.00 bits per heavy atom. The lowest BCUT2D eigenvalue weighted by atomic mass is 9.99. The van der Waals surface area contributed by atoms with E-state index in [-0.39, 0.29) is 12.6 Å². The normalized spacial score (nSPS) is 18.1. The van der Waals surface area contributed by atoms with Crippen LogP contribution in [0.15, 0.2) is 24.3 Å². The molecule has 3 heteroatoms. The van der Waals surface area contributed by atoms with Crippen LogP contribution in [0.4, 0.5) is 0 Å². The zero-order valence-electron chi connectivity index (χ0n) is 11.9. The predicted octanol–water partition coefficient (Wildman–Crippen LogP) is 2.69. The predicted molar refractivity (Wildman–Crippen MR) is 77.7 cm³/mol. The molecule has 0 radical (unpaired) electrons. The molecule has 106 valence electrons. The molecular formula is C16H25NO2. The van der Waals surface area contributed by atoms with Crippen LogP contribution < -0.4 is 10.1 Å². The van der Waals surface area contributed by atoms with Crippen molar-refractivity contribution in [2.24, 2.45) is 0 Å². The van der Waals surface area contributed by atoms with E-state index in [1.807, 2.05) is 12.1 Å². The third kappa shape index (κ3) is 4.51. The van der Waals surface area contributed by atoms with Crippen LogP contribution in [-0.4, -0.2) is 30.4 Å². The van der Waals surface area contributed by atoms with Gasteiger partial charge >= 0.3 is 0 Å². The van der Waals surface area contributed by atoms with Crippen LogP contribution in [0, 0.1) is 0 Å². The first kappa shape index (κ1) is 14.4. The van der Waals surface area contributed by atoms with Crippen LogP contribution in [0.2, 0.25) is 0 Å². The summed E-state index contributed by atoms with van der Waals surface area (Å²) in [6.07, 6.45) is 3.60. The molecule has 1 aromatic rings. The molecule has 1 fully saturated rings. The molecule has 1 saturated carbocycles. The Balaban J connectivity index is 1.81. The second kappa shape index (κ2) is 6.92. The highest BCUT2D eigenvalue weighted by Crippen LogP contribution is 2.22. The molecule has 0 saturated heterocycles. The quantitative estimate of drug-likeness (QED) is 0.757. The fourth-order valence-electron chi connectivity index (χ4n) is 2.06. The van der Waals surface area contributed by atoms with Gasteiger partial charge in [0.15, 0.2) is 0 Å². The number of benzene rings is 1. The van der Waals surface area contributed by atoms with Crippen LogP contribution in [0.3, 0.4) is 0 Å². The molecule has 0 heterocycles. The van der Waals surface area contributed by atoms with E-state index in [4.69, 9.17) is 4.74 Å². The van der Waals surface area contributed by atoms with E-state index in [9.17, 15) is 5.11 Å². The number of nitrogens with one attached hydrogen (secondary N) is 1. The monoisotopic (exact) mass is 263 g/mol. The highest BCUT2D eigenvalue weighted by atomic mass is 16.5. The molecule has 0 bridgehead atoms. The standard InChI is InChI=1S/C16H25NO2/c1-3-12(2)13-4-8-16(9-5-13)19-11-15(10-18)17-14-6-7-14/h4-5,8-9,12,14-15,17-18H,3,6-7,10-11H2,1-2H3. The lowest BCUT2D eigenvalue weighted by Gasteiger charge is -2.17. The van der Waals surface area contributed by atoms with Gasteiger partial charge in [0.25, 0.3) is 0 Å². The summed E-state index contributed by atoms with van der Waals surface area (Å²) in [6, 6.07) is 8.94. The zero-order valence-corrected chi connectivity index (χ0v) is 11.9. The molecular weight excluding hydrogens is 238 g/mol. The molecule has 1 aliphatic carbocycles. The summed E-state index contributed by atoms with van der Waals surface area (Å²) in [5.41, 5.74) is 1.35. The largest absolute Gasteiger partial charge is 0.492 e. The summed E-state index contributed by atoms with van der Waals surface area (Å²) in [6.45, 7) is 5.08. The van der Waals surface area contributed by atoms with Crippen LogP contribution in [0.5, 0.6) is 5.75 Å². The van der Waals surface area contributed by atoms with E-state index < -0.39 is 0 Å². The molecule has 0 aromatic heterocycles. The van der Waals surface area contributed by atoms with E-state index >= 15 is 0 Å². The summed E-state index contributed by atoms with van der Waals surface area (Å²) in [7, 11) is 0. The van der Waals surface area contributed by atoms with E-state index in [1.165, 1.54) is 18.4 Å². The molecule has 2 unspecified atom stereocenters. The highest BCUT2D eigenvalue weighted by Gasteiger charge is 2.24. The first-order chi connectivity index (χ1) is 9.22. The van der Waals surface area contributed by atoms with Crippen LogP contribution >= 0.6 is 0 Å². The van der Waals surface area contributed by atoms with Crippen LogP contribution in [-0.2, 0) is 0 Å². The molecule has 1 aromatic carbocycles. The second-order valence-corrected chi connectivity index (χ2v) is 5.51. The molecule has 0 spiro atoms. The zero-order chi connectivity index (χ0) is 13.7. The van der Waals surface area contributed by atoms with Gasteiger partial charge in [0, 0.05) is 6.04 Å². The summed E-state index contributed by atoms with van der Waals surface area (Å²) in [5.74, 6) is 1.47. The maximum absolute atomic E-state index is 9.29. The van der Waals surface area contributed by atoms with Gasteiger partial charge in [0.2, 0.25) is 0 Å². The van der Waals surface area contributed by atoms with Crippen molar-refractivity contribution in [2.45, 2.75) is 51.1 Å². The van der Waals surface area contributed by atoms with E-state index in [0.29, 0.717) is 18.6 Å².